The monoisotopic (exact) mass is 608 g/mol. The Morgan fingerprint density at radius 2 is 1.74 bits per heavy atom. The van der Waals surface area contributed by atoms with Gasteiger partial charge in [-0.15, -0.1) is 0 Å². The molecule has 0 radical (unpaired) electrons. The van der Waals surface area contributed by atoms with Gasteiger partial charge in [0.05, 0.1) is 35.5 Å². The van der Waals surface area contributed by atoms with Gasteiger partial charge in [-0.3, -0.25) is 24.6 Å². The van der Waals surface area contributed by atoms with Crippen molar-refractivity contribution in [3.63, 3.8) is 0 Å². The van der Waals surface area contributed by atoms with Gasteiger partial charge in [0, 0.05) is 16.5 Å². The van der Waals surface area contributed by atoms with Crippen LogP contribution < -0.4 is 11.1 Å². The average Bonchev–Trinajstić information content (AvgIpc) is 2.82. The molecule has 15 heteroatoms. The van der Waals surface area contributed by atoms with E-state index in [1.54, 1.807) is 12.1 Å². The number of sulfone groups is 1. The van der Waals surface area contributed by atoms with Crippen molar-refractivity contribution in [2.24, 2.45) is 5.73 Å². The third-order valence-corrected chi connectivity index (χ3v) is 9.60. The Balaban J connectivity index is 1.95. The Morgan fingerprint density at radius 3 is 2.32 bits per heavy atom. The number of nitrogens with two attached hydrogens (primary N) is 1. The number of benzene rings is 2. The van der Waals surface area contributed by atoms with Crippen LogP contribution in [0.5, 0.6) is 0 Å². The molecule has 2 aliphatic heterocycles. The molecular formula is C23H21Cl3F2N4O5S. The number of alkyl halides is 2. The van der Waals surface area contributed by atoms with Crippen LogP contribution in [-0.2, 0) is 30.6 Å². The second-order valence-corrected chi connectivity index (χ2v) is 12.3. The Kier molecular flexibility index (Phi) is 7.93. The molecule has 2 fully saturated rings. The highest BCUT2D eigenvalue weighted by Crippen LogP contribution is 2.41. The van der Waals surface area contributed by atoms with Gasteiger partial charge < -0.3 is 10.6 Å². The number of nitrogens with one attached hydrogen (secondary N) is 1. The average molecular weight is 610 g/mol. The Bertz CT molecular complexity index is 1400. The molecule has 3 N–H and O–H groups in total. The van der Waals surface area contributed by atoms with Crippen LogP contribution in [0.3, 0.4) is 0 Å². The number of hydrogen-bond donors (Lipinski definition) is 2. The summed E-state index contributed by atoms with van der Waals surface area (Å²) < 4.78 is 55.7. The zero-order valence-corrected chi connectivity index (χ0v) is 22.5. The van der Waals surface area contributed by atoms with Crippen molar-refractivity contribution in [1.82, 2.24) is 15.1 Å². The molecule has 2 aromatic carbocycles. The summed E-state index contributed by atoms with van der Waals surface area (Å²) in [7, 11) is -4.82. The van der Waals surface area contributed by atoms with Gasteiger partial charge in [0.15, 0.2) is 0 Å². The normalized spacial score (nSPS) is 24.1. The number of primary amides is 1. The minimum atomic E-state index is -4.82. The first-order chi connectivity index (χ1) is 17.8. The second kappa shape index (κ2) is 10.6. The van der Waals surface area contributed by atoms with Crippen molar-refractivity contribution in [2.45, 2.75) is 41.2 Å². The summed E-state index contributed by atoms with van der Waals surface area (Å²) in [6.07, 6.45) is -3.80. The predicted octanol–water partition coefficient (Wildman–Crippen LogP) is 2.47. The second-order valence-electron chi connectivity index (χ2n) is 8.89. The summed E-state index contributed by atoms with van der Waals surface area (Å²) in [5.41, 5.74) is 5.91. The van der Waals surface area contributed by atoms with Gasteiger partial charge in [0.1, 0.15) is 6.04 Å². The molecule has 2 aliphatic rings. The number of piperazine rings is 1. The molecule has 4 rings (SSSR count). The fourth-order valence-electron chi connectivity index (χ4n) is 4.75. The summed E-state index contributed by atoms with van der Waals surface area (Å²) in [6.45, 7) is -2.03. The van der Waals surface area contributed by atoms with Gasteiger partial charge in [0.2, 0.25) is 32.6 Å². The smallest absolute Gasteiger partial charge is 0.255 e. The number of carbonyl (C=O) groups is 3. The quantitative estimate of drug-likeness (QED) is 0.496. The van der Waals surface area contributed by atoms with Crippen molar-refractivity contribution in [2.75, 3.05) is 13.1 Å². The lowest BCUT2D eigenvalue weighted by Crippen LogP contribution is -2.82. The van der Waals surface area contributed by atoms with Crippen LogP contribution in [0.25, 0.3) is 0 Å². The van der Waals surface area contributed by atoms with Crippen LogP contribution in [0.15, 0.2) is 47.4 Å². The molecule has 3 amide bonds. The number of rotatable bonds is 7. The van der Waals surface area contributed by atoms with Crippen LogP contribution in [0.2, 0.25) is 15.1 Å². The SMILES string of the molecule is NC(=O)C1CC(=O)N2C(Cc3ccc(Cl)cc3)C(=O)N(CC(F)F)CC2(S(=O)(=O)c2ccc(Cl)cc2Cl)N1. The zero-order valence-electron chi connectivity index (χ0n) is 19.4. The van der Waals surface area contributed by atoms with E-state index in [0.717, 1.165) is 17.0 Å². The first-order valence-corrected chi connectivity index (χ1v) is 13.8. The minimum absolute atomic E-state index is 0.116. The van der Waals surface area contributed by atoms with Gasteiger partial charge in [0.25, 0.3) is 6.43 Å². The Labute approximate surface area is 231 Å². The lowest BCUT2D eigenvalue weighted by molar-refractivity contribution is -0.167. The maximum absolute atomic E-state index is 14.3. The summed E-state index contributed by atoms with van der Waals surface area (Å²) >= 11 is 18.1. The van der Waals surface area contributed by atoms with Crippen molar-refractivity contribution in [3.05, 3.63) is 63.1 Å². The van der Waals surface area contributed by atoms with Crippen LogP contribution in [-0.4, -0.2) is 72.5 Å². The van der Waals surface area contributed by atoms with Crippen LogP contribution in [0.1, 0.15) is 12.0 Å². The molecule has 2 heterocycles. The highest BCUT2D eigenvalue weighted by Gasteiger charge is 2.63. The highest BCUT2D eigenvalue weighted by molar-refractivity contribution is 7.93. The third kappa shape index (κ3) is 5.07. The van der Waals surface area contributed by atoms with E-state index in [9.17, 15) is 31.6 Å². The van der Waals surface area contributed by atoms with E-state index >= 15 is 0 Å². The van der Waals surface area contributed by atoms with Gasteiger partial charge in [-0.25, -0.2) is 17.2 Å². The molecule has 3 atom stereocenters. The van der Waals surface area contributed by atoms with E-state index < -0.39 is 75.5 Å². The highest BCUT2D eigenvalue weighted by atomic mass is 35.5. The number of fused-ring (bicyclic) bond motifs is 1. The fraction of sp³-hybridized carbons (Fsp3) is 0.348. The predicted molar refractivity (Wildman–Crippen MR) is 135 cm³/mol. The molecule has 0 bridgehead atoms. The largest absolute Gasteiger partial charge is 0.368 e. The number of halogens is 5. The summed E-state index contributed by atoms with van der Waals surface area (Å²) in [5, 5.41) is 2.81. The van der Waals surface area contributed by atoms with Gasteiger partial charge in [-0.2, -0.15) is 0 Å². The Morgan fingerprint density at radius 1 is 1.11 bits per heavy atom. The maximum Gasteiger partial charge on any atom is 0.255 e. The molecule has 204 valence electrons. The first-order valence-electron chi connectivity index (χ1n) is 11.2. The molecular weight excluding hydrogens is 589 g/mol. The maximum atomic E-state index is 14.3. The number of amides is 3. The minimum Gasteiger partial charge on any atom is -0.368 e. The molecule has 9 nitrogen and oxygen atoms in total. The molecule has 0 aromatic heterocycles. The zero-order chi connectivity index (χ0) is 28.0. The van der Waals surface area contributed by atoms with E-state index in [0.29, 0.717) is 15.5 Å². The van der Waals surface area contributed by atoms with E-state index in [4.69, 9.17) is 40.5 Å². The van der Waals surface area contributed by atoms with E-state index in [1.165, 1.54) is 18.2 Å². The van der Waals surface area contributed by atoms with Crippen LogP contribution in [0.4, 0.5) is 8.78 Å². The molecule has 0 saturated carbocycles. The van der Waals surface area contributed by atoms with Gasteiger partial charge in [-0.1, -0.05) is 46.9 Å². The molecule has 2 aromatic rings. The molecule has 0 spiro atoms. The first kappa shape index (κ1) is 28.5. The van der Waals surface area contributed by atoms with E-state index in [1.807, 2.05) is 0 Å². The lowest BCUT2D eigenvalue weighted by Gasteiger charge is -2.56. The Hall–Kier alpha value is -2.51. The standard InChI is InChI=1S/C23H21Cl3F2N4O5S/c24-13-3-1-12(2-4-13)7-17-22(35)31(10-19(27)28)11-23(30-16(21(29)34)9-20(33)32(17)23)38(36,37)18-6-5-14(25)8-15(18)26/h1-6,8,16-17,19,30H,7,9-11H2,(H2,29,34). The summed E-state index contributed by atoms with van der Waals surface area (Å²) in [4.78, 5) is 37.6. The summed E-state index contributed by atoms with van der Waals surface area (Å²) in [5.74, 6) is -2.81. The van der Waals surface area contributed by atoms with E-state index in [2.05, 4.69) is 5.32 Å². The van der Waals surface area contributed by atoms with Crippen molar-refractivity contribution in [1.29, 1.82) is 0 Å². The molecule has 38 heavy (non-hydrogen) atoms. The summed E-state index contributed by atoms with van der Waals surface area (Å²) in [6, 6.07) is 6.65. The van der Waals surface area contributed by atoms with Gasteiger partial charge in [-0.05, 0) is 35.9 Å². The molecule has 2 saturated heterocycles. The lowest BCUT2D eigenvalue weighted by atomic mass is 9.96. The number of carbonyl (C=O) groups excluding carboxylic acids is 3. The fourth-order valence-corrected chi connectivity index (χ4v) is 7.63. The molecule has 0 aliphatic carbocycles. The van der Waals surface area contributed by atoms with Crippen molar-refractivity contribution in [3.8, 4) is 0 Å². The number of nitrogens with zero attached hydrogens (tertiary/aromatic N) is 2. The van der Waals surface area contributed by atoms with Gasteiger partial charge >= 0.3 is 0 Å². The van der Waals surface area contributed by atoms with E-state index in [-0.39, 0.29) is 16.5 Å². The van der Waals surface area contributed by atoms with Crippen molar-refractivity contribution >= 4 is 62.4 Å². The topological polar surface area (TPSA) is 130 Å². The number of hydrogen-bond acceptors (Lipinski definition) is 6. The van der Waals surface area contributed by atoms with Crippen LogP contribution in [0, 0.1) is 0 Å². The van der Waals surface area contributed by atoms with Crippen LogP contribution >= 0.6 is 34.8 Å². The third-order valence-electron chi connectivity index (χ3n) is 6.42. The van der Waals surface area contributed by atoms with Crippen molar-refractivity contribution < 1.29 is 31.6 Å². The molecule has 3 unspecified atom stereocenters.